The minimum atomic E-state index is -0.00926. The lowest BCUT2D eigenvalue weighted by Crippen LogP contribution is -2.11. The van der Waals surface area contributed by atoms with Crippen molar-refractivity contribution in [1.82, 2.24) is 15.0 Å². The number of aromatic nitrogens is 3. The molecular formula is C11H13BrN4O2. The Kier molecular flexibility index (Phi) is 3.81. The first-order valence-corrected chi connectivity index (χ1v) is 6.23. The maximum atomic E-state index is 5.48. The standard InChI is InChI=1S/C11H13BrN4O2/c1-6(2)18-11-15-9(14-10(13-3)16-11)8-7(12)4-5-17-8/h4-6H,1-3H3,(H,13,14,15,16). The molecule has 0 bridgehead atoms. The van der Waals surface area contributed by atoms with Crippen LogP contribution in [0.2, 0.25) is 0 Å². The molecule has 0 saturated heterocycles. The van der Waals surface area contributed by atoms with Crippen LogP contribution in [0.3, 0.4) is 0 Å². The second kappa shape index (κ2) is 5.34. The molecule has 0 aromatic carbocycles. The second-order valence-electron chi connectivity index (χ2n) is 3.78. The van der Waals surface area contributed by atoms with E-state index in [0.29, 0.717) is 17.5 Å². The van der Waals surface area contributed by atoms with Crippen molar-refractivity contribution in [2.45, 2.75) is 20.0 Å². The van der Waals surface area contributed by atoms with Gasteiger partial charge in [0.15, 0.2) is 5.76 Å². The Morgan fingerprint density at radius 1 is 1.33 bits per heavy atom. The number of halogens is 1. The number of rotatable bonds is 4. The number of nitrogens with zero attached hydrogens (tertiary/aromatic N) is 3. The summed E-state index contributed by atoms with van der Waals surface area (Å²) in [5, 5.41) is 2.86. The van der Waals surface area contributed by atoms with Crippen LogP contribution in [0.4, 0.5) is 5.95 Å². The molecule has 0 saturated carbocycles. The minimum Gasteiger partial charge on any atom is -0.461 e. The average Bonchev–Trinajstić information content (AvgIpc) is 2.74. The van der Waals surface area contributed by atoms with Gasteiger partial charge in [0.25, 0.3) is 0 Å². The van der Waals surface area contributed by atoms with E-state index in [9.17, 15) is 0 Å². The quantitative estimate of drug-likeness (QED) is 0.935. The SMILES string of the molecule is CNc1nc(OC(C)C)nc(-c2occc2Br)n1. The van der Waals surface area contributed by atoms with Crippen molar-refractivity contribution in [3.63, 3.8) is 0 Å². The molecule has 0 spiro atoms. The Morgan fingerprint density at radius 2 is 2.11 bits per heavy atom. The van der Waals surface area contributed by atoms with Crippen LogP contribution in [-0.2, 0) is 0 Å². The van der Waals surface area contributed by atoms with Crippen LogP contribution in [0.1, 0.15) is 13.8 Å². The summed E-state index contributed by atoms with van der Waals surface area (Å²) in [6.07, 6.45) is 1.55. The van der Waals surface area contributed by atoms with Crippen LogP contribution >= 0.6 is 15.9 Å². The van der Waals surface area contributed by atoms with Crippen LogP contribution < -0.4 is 10.1 Å². The summed E-state index contributed by atoms with van der Waals surface area (Å²) in [5.74, 6) is 1.39. The summed E-state index contributed by atoms with van der Waals surface area (Å²) in [7, 11) is 1.73. The molecule has 0 atom stereocenters. The predicted octanol–water partition coefficient (Wildman–Crippen LogP) is 2.72. The zero-order valence-electron chi connectivity index (χ0n) is 10.3. The zero-order valence-corrected chi connectivity index (χ0v) is 11.9. The van der Waals surface area contributed by atoms with E-state index in [1.807, 2.05) is 13.8 Å². The molecule has 7 heteroatoms. The molecule has 2 rings (SSSR count). The molecule has 0 amide bonds. The lowest BCUT2D eigenvalue weighted by Gasteiger charge is -2.09. The van der Waals surface area contributed by atoms with E-state index in [2.05, 4.69) is 36.2 Å². The molecule has 2 aromatic rings. The third-order valence-electron chi connectivity index (χ3n) is 2.00. The summed E-state index contributed by atoms with van der Waals surface area (Å²) in [5.41, 5.74) is 0. The van der Waals surface area contributed by atoms with E-state index in [4.69, 9.17) is 9.15 Å². The van der Waals surface area contributed by atoms with Crippen molar-refractivity contribution >= 4 is 21.9 Å². The zero-order chi connectivity index (χ0) is 13.1. The van der Waals surface area contributed by atoms with Crippen molar-refractivity contribution in [2.24, 2.45) is 0 Å². The Morgan fingerprint density at radius 3 is 2.67 bits per heavy atom. The highest BCUT2D eigenvalue weighted by Crippen LogP contribution is 2.28. The first-order valence-electron chi connectivity index (χ1n) is 5.44. The highest BCUT2D eigenvalue weighted by molar-refractivity contribution is 9.10. The lowest BCUT2D eigenvalue weighted by molar-refractivity contribution is 0.222. The van der Waals surface area contributed by atoms with Crippen molar-refractivity contribution in [3.05, 3.63) is 16.8 Å². The van der Waals surface area contributed by atoms with Gasteiger partial charge in [0.2, 0.25) is 11.8 Å². The van der Waals surface area contributed by atoms with Crippen LogP contribution in [0, 0.1) is 0 Å². The Labute approximate surface area is 113 Å². The molecule has 0 fully saturated rings. The normalized spacial score (nSPS) is 10.7. The highest BCUT2D eigenvalue weighted by Gasteiger charge is 2.14. The first-order chi connectivity index (χ1) is 8.60. The second-order valence-corrected chi connectivity index (χ2v) is 4.63. The molecule has 96 valence electrons. The van der Waals surface area contributed by atoms with Gasteiger partial charge in [-0.15, -0.1) is 0 Å². The third-order valence-corrected chi connectivity index (χ3v) is 2.62. The summed E-state index contributed by atoms with van der Waals surface area (Å²) in [6.45, 7) is 3.82. The van der Waals surface area contributed by atoms with Crippen LogP contribution in [-0.4, -0.2) is 28.1 Å². The lowest BCUT2D eigenvalue weighted by atomic mass is 10.4. The Hall–Kier alpha value is -1.63. The molecule has 6 nitrogen and oxygen atoms in total. The number of hydrogen-bond acceptors (Lipinski definition) is 6. The van der Waals surface area contributed by atoms with Crippen LogP contribution in [0.15, 0.2) is 21.2 Å². The molecule has 1 N–H and O–H groups in total. The highest BCUT2D eigenvalue weighted by atomic mass is 79.9. The van der Waals surface area contributed by atoms with Gasteiger partial charge in [0.1, 0.15) is 0 Å². The number of hydrogen-bond donors (Lipinski definition) is 1. The van der Waals surface area contributed by atoms with E-state index in [1.165, 1.54) is 0 Å². The van der Waals surface area contributed by atoms with Gasteiger partial charge in [0.05, 0.1) is 16.8 Å². The van der Waals surface area contributed by atoms with Crippen molar-refractivity contribution in [2.75, 3.05) is 12.4 Å². The van der Waals surface area contributed by atoms with Crippen LogP contribution in [0.5, 0.6) is 6.01 Å². The summed E-state index contributed by atoms with van der Waals surface area (Å²) in [4.78, 5) is 12.6. The first kappa shape index (κ1) is 12.8. The van der Waals surface area contributed by atoms with E-state index < -0.39 is 0 Å². The molecule has 2 heterocycles. The molecule has 0 aliphatic rings. The van der Waals surface area contributed by atoms with Gasteiger partial charge in [0, 0.05) is 7.05 Å². The van der Waals surface area contributed by atoms with Gasteiger partial charge in [-0.1, -0.05) is 0 Å². The molecule has 0 aliphatic carbocycles. The van der Waals surface area contributed by atoms with E-state index >= 15 is 0 Å². The maximum absolute atomic E-state index is 5.48. The van der Waals surface area contributed by atoms with Crippen LogP contribution in [0.25, 0.3) is 11.6 Å². The molecule has 0 unspecified atom stereocenters. The van der Waals surface area contributed by atoms with Crippen molar-refractivity contribution in [3.8, 4) is 17.6 Å². The van der Waals surface area contributed by atoms with Gasteiger partial charge < -0.3 is 14.5 Å². The smallest absolute Gasteiger partial charge is 0.322 e. The fourth-order valence-electron chi connectivity index (χ4n) is 1.29. The largest absolute Gasteiger partial charge is 0.461 e. The fourth-order valence-corrected chi connectivity index (χ4v) is 1.67. The number of ether oxygens (including phenoxy) is 1. The van der Waals surface area contributed by atoms with E-state index in [0.717, 1.165) is 4.47 Å². The Bertz CT molecular complexity index is 542. The molecule has 18 heavy (non-hydrogen) atoms. The van der Waals surface area contributed by atoms with Gasteiger partial charge in [-0.25, -0.2) is 0 Å². The van der Waals surface area contributed by atoms with Gasteiger partial charge in [-0.05, 0) is 35.8 Å². The average molecular weight is 313 g/mol. The number of furan rings is 1. The third kappa shape index (κ3) is 2.79. The van der Waals surface area contributed by atoms with Gasteiger partial charge in [-0.2, -0.15) is 15.0 Å². The predicted molar refractivity (Wildman–Crippen MR) is 70.5 cm³/mol. The Balaban J connectivity index is 2.44. The monoisotopic (exact) mass is 312 g/mol. The summed E-state index contributed by atoms with van der Waals surface area (Å²) >= 11 is 3.37. The van der Waals surface area contributed by atoms with Gasteiger partial charge in [-0.3, -0.25) is 0 Å². The maximum Gasteiger partial charge on any atom is 0.322 e. The number of nitrogens with one attached hydrogen (secondary N) is 1. The molecular weight excluding hydrogens is 300 g/mol. The summed E-state index contributed by atoms with van der Waals surface area (Å²) < 4.78 is 11.6. The molecule has 2 aromatic heterocycles. The van der Waals surface area contributed by atoms with Crippen molar-refractivity contribution < 1.29 is 9.15 Å². The molecule has 0 aliphatic heterocycles. The fraction of sp³-hybridized carbons (Fsp3) is 0.364. The number of anilines is 1. The topological polar surface area (TPSA) is 73.1 Å². The van der Waals surface area contributed by atoms with Crippen molar-refractivity contribution in [1.29, 1.82) is 0 Å². The van der Waals surface area contributed by atoms with Gasteiger partial charge >= 0.3 is 6.01 Å². The summed E-state index contributed by atoms with van der Waals surface area (Å²) in [6, 6.07) is 2.05. The van der Waals surface area contributed by atoms with E-state index in [1.54, 1.807) is 19.4 Å². The minimum absolute atomic E-state index is 0.00926. The van der Waals surface area contributed by atoms with E-state index in [-0.39, 0.29) is 12.1 Å². The molecule has 0 radical (unpaired) electrons.